The fourth-order valence-corrected chi connectivity index (χ4v) is 5.32. The summed E-state index contributed by atoms with van der Waals surface area (Å²) in [5.74, 6) is -0.607. The highest BCUT2D eigenvalue weighted by molar-refractivity contribution is 8.00. The molecule has 1 heterocycles. The Morgan fingerprint density at radius 3 is 2.26 bits per heavy atom. The molecule has 140 valence electrons. The number of nitrogens with zero attached hydrogens (tertiary/aromatic N) is 1. The third-order valence-corrected chi connectivity index (χ3v) is 6.73. The van der Waals surface area contributed by atoms with Crippen molar-refractivity contribution in [3.8, 4) is 11.1 Å². The van der Waals surface area contributed by atoms with Crippen LogP contribution in [0.25, 0.3) is 11.1 Å². The Balaban J connectivity index is 1.55. The number of hydrogen-bond donors (Lipinski definition) is 1. The Kier molecular flexibility index (Phi) is 4.83. The molecule has 2 aliphatic rings. The van der Waals surface area contributed by atoms with E-state index < -0.39 is 18.1 Å². The van der Waals surface area contributed by atoms with Gasteiger partial charge in [0.1, 0.15) is 12.6 Å². The summed E-state index contributed by atoms with van der Waals surface area (Å²) in [7, 11) is 0. The number of aliphatic carboxylic acids is 1. The van der Waals surface area contributed by atoms with Gasteiger partial charge in [0.05, 0.1) is 5.37 Å². The predicted molar refractivity (Wildman–Crippen MR) is 105 cm³/mol. The second kappa shape index (κ2) is 7.27. The molecule has 1 fully saturated rings. The molecule has 2 aromatic carbocycles. The Bertz CT molecular complexity index is 838. The first kappa shape index (κ1) is 17.9. The number of carboxylic acids is 1. The number of benzene rings is 2. The highest BCUT2D eigenvalue weighted by Crippen LogP contribution is 2.44. The molecule has 1 amide bonds. The highest BCUT2D eigenvalue weighted by atomic mass is 32.2. The monoisotopic (exact) mass is 383 g/mol. The van der Waals surface area contributed by atoms with E-state index in [0.29, 0.717) is 12.2 Å². The molecule has 0 bridgehead atoms. The molecule has 2 aromatic rings. The van der Waals surface area contributed by atoms with Crippen LogP contribution < -0.4 is 0 Å². The van der Waals surface area contributed by atoms with Crippen LogP contribution in [0.4, 0.5) is 4.79 Å². The van der Waals surface area contributed by atoms with Crippen molar-refractivity contribution >= 4 is 23.8 Å². The minimum absolute atomic E-state index is 0.0278. The average Bonchev–Trinajstić information content (AvgIpc) is 3.26. The normalized spacial score (nSPS) is 21.0. The molecule has 0 unspecified atom stereocenters. The van der Waals surface area contributed by atoms with E-state index in [2.05, 4.69) is 24.3 Å². The molecule has 0 aromatic heterocycles. The second-order valence-electron chi connectivity index (χ2n) is 6.76. The van der Waals surface area contributed by atoms with Crippen molar-refractivity contribution < 1.29 is 19.4 Å². The van der Waals surface area contributed by atoms with Gasteiger partial charge < -0.3 is 9.84 Å². The molecule has 0 radical (unpaired) electrons. The van der Waals surface area contributed by atoms with Gasteiger partial charge in [-0.2, -0.15) is 0 Å². The number of carboxylic acid groups (broad SMARTS) is 1. The van der Waals surface area contributed by atoms with E-state index in [-0.39, 0.29) is 17.9 Å². The van der Waals surface area contributed by atoms with Gasteiger partial charge in [-0.15, -0.1) is 11.8 Å². The largest absolute Gasteiger partial charge is 0.480 e. The second-order valence-corrected chi connectivity index (χ2v) is 7.97. The van der Waals surface area contributed by atoms with E-state index in [0.717, 1.165) is 11.1 Å². The zero-order valence-corrected chi connectivity index (χ0v) is 15.8. The fraction of sp³-hybridized carbons (Fsp3) is 0.333. The lowest BCUT2D eigenvalue weighted by Gasteiger charge is -2.26. The van der Waals surface area contributed by atoms with Crippen LogP contribution in [0.5, 0.6) is 0 Å². The summed E-state index contributed by atoms with van der Waals surface area (Å²) in [4.78, 5) is 25.6. The van der Waals surface area contributed by atoms with Gasteiger partial charge in [-0.3, -0.25) is 4.90 Å². The van der Waals surface area contributed by atoms with E-state index in [1.165, 1.54) is 27.8 Å². The Hall–Kier alpha value is -2.47. The van der Waals surface area contributed by atoms with E-state index in [9.17, 15) is 14.7 Å². The summed E-state index contributed by atoms with van der Waals surface area (Å²) in [5, 5.41) is 9.27. The van der Waals surface area contributed by atoms with Gasteiger partial charge >= 0.3 is 12.1 Å². The van der Waals surface area contributed by atoms with Crippen molar-refractivity contribution in [3.63, 3.8) is 0 Å². The summed E-state index contributed by atoms with van der Waals surface area (Å²) in [6.45, 7) is 2.16. The van der Waals surface area contributed by atoms with Crippen LogP contribution in [-0.2, 0) is 9.53 Å². The van der Waals surface area contributed by atoms with Crippen LogP contribution in [0.3, 0.4) is 0 Å². The molecule has 1 saturated heterocycles. The number of fused-ring (bicyclic) bond motifs is 3. The molecular weight excluding hydrogens is 362 g/mol. The predicted octanol–water partition coefficient (Wildman–Crippen LogP) is 4.17. The van der Waals surface area contributed by atoms with Crippen LogP contribution in [0.15, 0.2) is 48.5 Å². The van der Waals surface area contributed by atoms with Crippen LogP contribution in [0.2, 0.25) is 0 Å². The lowest BCUT2D eigenvalue weighted by molar-refractivity contribution is -0.141. The molecule has 2 atom stereocenters. The molecule has 0 spiro atoms. The van der Waals surface area contributed by atoms with Crippen LogP contribution >= 0.6 is 11.8 Å². The summed E-state index contributed by atoms with van der Waals surface area (Å²) < 4.78 is 5.65. The molecule has 27 heavy (non-hydrogen) atoms. The summed E-state index contributed by atoms with van der Waals surface area (Å²) in [6.07, 6.45) is 0.152. The fourth-order valence-electron chi connectivity index (χ4n) is 3.98. The van der Waals surface area contributed by atoms with Crippen molar-refractivity contribution in [3.05, 3.63) is 59.7 Å². The molecule has 0 saturated carbocycles. The lowest BCUT2D eigenvalue weighted by Crippen LogP contribution is -2.46. The number of ether oxygens (including phenoxy) is 1. The van der Waals surface area contributed by atoms with Crippen molar-refractivity contribution in [2.45, 2.75) is 30.7 Å². The third-order valence-electron chi connectivity index (χ3n) is 5.27. The van der Waals surface area contributed by atoms with Gasteiger partial charge in [0.25, 0.3) is 0 Å². The van der Waals surface area contributed by atoms with Crippen molar-refractivity contribution in [2.24, 2.45) is 0 Å². The molecule has 5 nitrogen and oxygen atoms in total. The van der Waals surface area contributed by atoms with Gasteiger partial charge in [-0.1, -0.05) is 55.5 Å². The maximum Gasteiger partial charge on any atom is 0.411 e. The van der Waals surface area contributed by atoms with Gasteiger partial charge in [-0.05, 0) is 28.7 Å². The zero-order chi connectivity index (χ0) is 19.0. The molecule has 1 N–H and O–H groups in total. The Morgan fingerprint density at radius 1 is 1.11 bits per heavy atom. The molecule has 6 heteroatoms. The maximum atomic E-state index is 12.7. The molecule has 1 aliphatic carbocycles. The van der Waals surface area contributed by atoms with Crippen LogP contribution in [0, 0.1) is 0 Å². The number of amides is 1. The molecular formula is C21H21NO4S. The first-order chi connectivity index (χ1) is 13.1. The maximum absolute atomic E-state index is 12.7. The Morgan fingerprint density at radius 2 is 1.70 bits per heavy atom. The number of hydrogen-bond acceptors (Lipinski definition) is 4. The number of carbonyl (C=O) groups excluding carboxylic acids is 1. The van der Waals surface area contributed by atoms with Gasteiger partial charge in [0.2, 0.25) is 0 Å². The van der Waals surface area contributed by atoms with Crippen molar-refractivity contribution in [1.82, 2.24) is 4.90 Å². The summed E-state index contributed by atoms with van der Waals surface area (Å²) >= 11 is 1.49. The number of carbonyl (C=O) groups is 2. The minimum atomic E-state index is -0.980. The van der Waals surface area contributed by atoms with E-state index >= 15 is 0 Å². The van der Waals surface area contributed by atoms with Crippen LogP contribution in [-0.4, -0.2) is 45.8 Å². The van der Waals surface area contributed by atoms with E-state index in [1.54, 1.807) is 0 Å². The smallest absolute Gasteiger partial charge is 0.411 e. The van der Waals surface area contributed by atoms with E-state index in [1.807, 2.05) is 31.2 Å². The van der Waals surface area contributed by atoms with Gasteiger partial charge in [0.15, 0.2) is 0 Å². The summed E-state index contributed by atoms with van der Waals surface area (Å²) in [6, 6.07) is 15.5. The van der Waals surface area contributed by atoms with Gasteiger partial charge in [-0.25, -0.2) is 9.59 Å². The standard InChI is InChI=1S/C21H21NO4S/c1-2-19-22(18(12-27-19)20(23)24)21(25)26-11-17-15-9-5-3-7-13(15)14-8-4-6-10-16(14)17/h3-10,17-19H,2,11-12H2,1H3,(H,23,24)/t18-,19-/m1/s1. The minimum Gasteiger partial charge on any atom is -0.480 e. The number of rotatable bonds is 4. The van der Waals surface area contributed by atoms with Crippen molar-refractivity contribution in [2.75, 3.05) is 12.4 Å². The third kappa shape index (κ3) is 3.08. The SMILES string of the molecule is CC[C@H]1SC[C@H](C(=O)O)N1C(=O)OCC1c2ccccc2-c2ccccc21. The first-order valence-corrected chi connectivity index (χ1v) is 10.1. The molecule has 4 rings (SSSR count). The summed E-state index contributed by atoms with van der Waals surface area (Å²) in [5.41, 5.74) is 4.62. The first-order valence-electron chi connectivity index (χ1n) is 9.09. The van der Waals surface area contributed by atoms with Crippen LogP contribution in [0.1, 0.15) is 30.4 Å². The Labute approximate surface area is 162 Å². The highest BCUT2D eigenvalue weighted by Gasteiger charge is 2.42. The zero-order valence-electron chi connectivity index (χ0n) is 15.0. The van der Waals surface area contributed by atoms with E-state index in [4.69, 9.17) is 4.74 Å². The molecule has 1 aliphatic heterocycles. The topological polar surface area (TPSA) is 66.8 Å². The number of thioether (sulfide) groups is 1. The quantitative estimate of drug-likeness (QED) is 0.858. The van der Waals surface area contributed by atoms with Crippen molar-refractivity contribution in [1.29, 1.82) is 0 Å². The average molecular weight is 383 g/mol. The lowest BCUT2D eigenvalue weighted by atomic mass is 9.98. The van der Waals surface area contributed by atoms with Gasteiger partial charge in [0, 0.05) is 11.7 Å².